The summed E-state index contributed by atoms with van der Waals surface area (Å²) < 4.78 is 33.9. The van der Waals surface area contributed by atoms with E-state index in [4.69, 9.17) is 9.47 Å². The van der Waals surface area contributed by atoms with Crippen molar-refractivity contribution in [1.82, 2.24) is 5.32 Å². The van der Waals surface area contributed by atoms with Gasteiger partial charge in [0.1, 0.15) is 11.5 Å². The van der Waals surface area contributed by atoms with Crippen LogP contribution in [0, 0.1) is 0 Å². The van der Waals surface area contributed by atoms with Gasteiger partial charge in [0, 0.05) is 11.9 Å². The molecule has 0 unspecified atom stereocenters. The van der Waals surface area contributed by atoms with Crippen LogP contribution in [0.25, 0.3) is 0 Å². The summed E-state index contributed by atoms with van der Waals surface area (Å²) >= 11 is 0. The molecule has 2 N–H and O–H groups in total. The molecule has 0 atom stereocenters. The van der Waals surface area contributed by atoms with Gasteiger partial charge < -0.3 is 20.1 Å². The van der Waals surface area contributed by atoms with Crippen LogP contribution in [0.5, 0.6) is 11.5 Å². The number of amides is 1. The average Bonchev–Trinajstić information content (AvgIpc) is 2.81. The van der Waals surface area contributed by atoms with Gasteiger partial charge in [0.15, 0.2) is 9.84 Å². The Hall–Kier alpha value is -3.52. The van der Waals surface area contributed by atoms with E-state index in [0.717, 1.165) is 22.6 Å². The highest BCUT2D eigenvalue weighted by Gasteiger charge is 2.18. The normalized spacial score (nSPS) is 11.2. The maximum atomic E-state index is 12.9. The van der Waals surface area contributed by atoms with Crippen molar-refractivity contribution in [2.45, 2.75) is 11.8 Å². The number of carbonyl (C=O) groups excluding carboxylic acids is 1. The highest BCUT2D eigenvalue weighted by atomic mass is 32.2. The highest BCUT2D eigenvalue weighted by Crippen LogP contribution is 2.26. The van der Waals surface area contributed by atoms with Gasteiger partial charge in [-0.2, -0.15) is 0 Å². The molecule has 0 fully saturated rings. The van der Waals surface area contributed by atoms with Crippen molar-refractivity contribution in [2.75, 3.05) is 32.3 Å². The first-order valence-electron chi connectivity index (χ1n) is 10.4. The molecule has 0 heterocycles. The molecule has 3 rings (SSSR count). The van der Waals surface area contributed by atoms with Crippen LogP contribution in [0.15, 0.2) is 72.8 Å². The lowest BCUT2D eigenvalue weighted by Crippen LogP contribution is -2.34. The minimum atomic E-state index is -3.20. The van der Waals surface area contributed by atoms with Gasteiger partial charge in [-0.1, -0.05) is 42.5 Å². The Bertz CT molecular complexity index is 1130. The van der Waals surface area contributed by atoms with Gasteiger partial charge in [-0.25, -0.2) is 8.42 Å². The second-order valence-corrected chi connectivity index (χ2v) is 9.77. The molecule has 0 aromatic heterocycles. The number of sulfone groups is 1. The molecule has 0 aliphatic heterocycles. The molecule has 7 nitrogen and oxygen atoms in total. The fraction of sp³-hybridized carbons (Fsp3) is 0.240. The Labute approximate surface area is 194 Å². The lowest BCUT2D eigenvalue weighted by atomic mass is 9.98. The van der Waals surface area contributed by atoms with Gasteiger partial charge in [-0.15, -0.1) is 0 Å². The van der Waals surface area contributed by atoms with Crippen molar-refractivity contribution in [3.63, 3.8) is 0 Å². The van der Waals surface area contributed by atoms with Crippen molar-refractivity contribution in [2.24, 2.45) is 0 Å². The predicted octanol–water partition coefficient (Wildman–Crippen LogP) is 3.57. The zero-order chi connectivity index (χ0) is 23.8. The molecule has 0 radical (unpaired) electrons. The molecule has 33 heavy (non-hydrogen) atoms. The van der Waals surface area contributed by atoms with Crippen LogP contribution in [0.1, 0.15) is 22.7 Å². The molecule has 0 saturated carbocycles. The molecular formula is C25H28N2O5S. The Kier molecular flexibility index (Phi) is 7.95. The van der Waals surface area contributed by atoms with Crippen molar-refractivity contribution in [1.29, 1.82) is 0 Å². The van der Waals surface area contributed by atoms with Crippen LogP contribution in [-0.4, -0.2) is 41.3 Å². The number of para-hydroxylation sites is 1. The lowest BCUT2D eigenvalue weighted by Gasteiger charge is -2.21. The van der Waals surface area contributed by atoms with E-state index in [9.17, 15) is 13.2 Å². The van der Waals surface area contributed by atoms with Gasteiger partial charge in [0.2, 0.25) is 5.91 Å². The molecule has 3 aromatic carbocycles. The summed E-state index contributed by atoms with van der Waals surface area (Å²) in [5, 5.41) is 6.13. The number of ether oxygens (including phenoxy) is 2. The highest BCUT2D eigenvalue weighted by molar-refractivity contribution is 7.89. The largest absolute Gasteiger partial charge is 0.497 e. The van der Waals surface area contributed by atoms with E-state index < -0.39 is 9.84 Å². The zero-order valence-corrected chi connectivity index (χ0v) is 19.7. The third kappa shape index (κ3) is 6.98. The van der Waals surface area contributed by atoms with E-state index in [2.05, 4.69) is 10.6 Å². The van der Waals surface area contributed by atoms with E-state index in [1.54, 1.807) is 38.5 Å². The van der Waals surface area contributed by atoms with E-state index in [-0.39, 0.29) is 24.2 Å². The number of anilines is 1. The van der Waals surface area contributed by atoms with Crippen LogP contribution in [-0.2, 0) is 20.4 Å². The van der Waals surface area contributed by atoms with E-state index >= 15 is 0 Å². The summed E-state index contributed by atoms with van der Waals surface area (Å²) in [6.45, 7) is -0.0103. The average molecular weight is 469 g/mol. The van der Waals surface area contributed by atoms with E-state index in [0.29, 0.717) is 11.3 Å². The quantitative estimate of drug-likeness (QED) is 0.473. The smallest absolute Gasteiger partial charge is 0.240 e. The van der Waals surface area contributed by atoms with Crippen LogP contribution in [0.4, 0.5) is 5.69 Å². The summed E-state index contributed by atoms with van der Waals surface area (Å²) in [4.78, 5) is 12.9. The van der Waals surface area contributed by atoms with Gasteiger partial charge in [-0.05, 0) is 47.0 Å². The second-order valence-electron chi connectivity index (χ2n) is 7.63. The third-order valence-electron chi connectivity index (χ3n) is 5.08. The molecule has 3 aromatic rings. The maximum Gasteiger partial charge on any atom is 0.240 e. The first-order chi connectivity index (χ1) is 15.8. The molecule has 0 aliphatic rings. The van der Waals surface area contributed by atoms with Crippen molar-refractivity contribution >= 4 is 21.4 Å². The van der Waals surface area contributed by atoms with Gasteiger partial charge in [-0.3, -0.25) is 4.79 Å². The molecule has 8 heteroatoms. The monoisotopic (exact) mass is 468 g/mol. The summed E-state index contributed by atoms with van der Waals surface area (Å²) in [5.74, 6) is 1.11. The van der Waals surface area contributed by atoms with E-state index in [1.165, 1.54) is 6.26 Å². The number of hydrogen-bond donors (Lipinski definition) is 2. The van der Waals surface area contributed by atoms with Crippen LogP contribution < -0.4 is 20.1 Å². The van der Waals surface area contributed by atoms with Gasteiger partial charge >= 0.3 is 0 Å². The fourth-order valence-corrected chi connectivity index (χ4v) is 4.26. The minimum Gasteiger partial charge on any atom is -0.497 e. The fourth-order valence-electron chi connectivity index (χ4n) is 3.44. The summed E-state index contributed by atoms with van der Waals surface area (Å²) in [5.41, 5.74) is 3.02. The van der Waals surface area contributed by atoms with Crippen molar-refractivity contribution < 1.29 is 22.7 Å². The van der Waals surface area contributed by atoms with Gasteiger partial charge in [0.05, 0.1) is 32.6 Å². The Balaban J connectivity index is 1.77. The lowest BCUT2D eigenvalue weighted by molar-refractivity contribution is -0.119. The zero-order valence-electron chi connectivity index (χ0n) is 18.9. The van der Waals surface area contributed by atoms with Crippen LogP contribution >= 0.6 is 0 Å². The Morgan fingerprint density at radius 3 is 1.85 bits per heavy atom. The SMILES string of the molecule is COc1ccc(C(NC(=O)CNc2ccccc2CS(C)(=O)=O)c2ccc(OC)cc2)cc1. The standard InChI is InChI=1S/C25H28N2O5S/c1-31-21-12-8-18(9-13-21)25(19-10-14-22(32-2)15-11-19)27-24(28)16-26-23-7-5-4-6-20(23)17-33(3,29)30/h4-15,25-26H,16-17H2,1-3H3,(H,27,28). The molecule has 174 valence electrons. The second kappa shape index (κ2) is 10.9. The number of rotatable bonds is 10. The topological polar surface area (TPSA) is 93.7 Å². The molecule has 0 spiro atoms. The summed E-state index contributed by atoms with van der Waals surface area (Å²) in [7, 11) is 0.00253. The number of hydrogen-bond acceptors (Lipinski definition) is 6. The molecule has 1 amide bonds. The molecular weight excluding hydrogens is 440 g/mol. The molecule has 0 aliphatic carbocycles. The molecule has 0 saturated heterocycles. The first-order valence-corrected chi connectivity index (χ1v) is 12.4. The summed E-state index contributed by atoms with van der Waals surface area (Å²) in [6.07, 6.45) is 1.19. The van der Waals surface area contributed by atoms with Crippen LogP contribution in [0.2, 0.25) is 0 Å². The summed E-state index contributed by atoms with van der Waals surface area (Å²) in [6, 6.07) is 21.7. The van der Waals surface area contributed by atoms with Gasteiger partial charge in [0.25, 0.3) is 0 Å². The Morgan fingerprint density at radius 1 is 0.848 bits per heavy atom. The van der Waals surface area contributed by atoms with Crippen molar-refractivity contribution in [3.05, 3.63) is 89.5 Å². The number of benzene rings is 3. The third-order valence-corrected chi connectivity index (χ3v) is 5.91. The van der Waals surface area contributed by atoms with Crippen LogP contribution in [0.3, 0.4) is 0 Å². The van der Waals surface area contributed by atoms with E-state index in [1.807, 2.05) is 48.5 Å². The Morgan fingerprint density at radius 2 is 1.36 bits per heavy atom. The molecule has 0 bridgehead atoms. The maximum absolute atomic E-state index is 12.9. The number of carbonyl (C=O) groups is 1. The first kappa shape index (κ1) is 24.1. The number of methoxy groups -OCH3 is 2. The van der Waals surface area contributed by atoms with Crippen molar-refractivity contribution in [3.8, 4) is 11.5 Å². The number of nitrogens with one attached hydrogen (secondary N) is 2. The minimum absolute atomic E-state index is 0.0103. The predicted molar refractivity (Wildman–Crippen MR) is 129 cm³/mol.